The minimum absolute atomic E-state index is 0.0157. The molecule has 0 radical (unpaired) electrons. The van der Waals surface area contributed by atoms with Crippen molar-refractivity contribution < 1.29 is 37.6 Å². The summed E-state index contributed by atoms with van der Waals surface area (Å²) in [5.74, 6) is -2.24. The molecule has 5 aromatic carbocycles. The van der Waals surface area contributed by atoms with E-state index in [4.69, 9.17) is 35.3 Å². The third kappa shape index (κ3) is 8.58. The molecular weight excluding hydrogens is 662 g/mol. The monoisotopic (exact) mass is 700 g/mol. The molecule has 0 bridgehead atoms. The van der Waals surface area contributed by atoms with Crippen LogP contribution in [0.25, 0.3) is 0 Å². The fraction of sp³-hybridized carbons (Fsp3) is 0.268. The number of rotatable bonds is 14. The average Bonchev–Trinajstić information content (AvgIpc) is 3.16. The van der Waals surface area contributed by atoms with Crippen LogP contribution < -0.4 is 4.74 Å². The minimum Gasteiger partial charge on any atom is -0.494 e. The van der Waals surface area contributed by atoms with Crippen molar-refractivity contribution in [1.82, 2.24) is 0 Å². The van der Waals surface area contributed by atoms with Crippen LogP contribution in [0.4, 0.5) is 8.78 Å². The molecule has 1 saturated heterocycles. The van der Waals surface area contributed by atoms with Crippen molar-refractivity contribution in [3.05, 3.63) is 171 Å². The lowest BCUT2D eigenvalue weighted by atomic mass is 9.89. The lowest BCUT2D eigenvalue weighted by molar-refractivity contribution is -0.272. The molecule has 6 nitrogen and oxygen atoms in total. The van der Waals surface area contributed by atoms with Crippen molar-refractivity contribution >= 4 is 11.6 Å². The van der Waals surface area contributed by atoms with E-state index < -0.39 is 42.2 Å². The third-order valence-corrected chi connectivity index (χ3v) is 9.16. The van der Waals surface area contributed by atoms with Crippen molar-refractivity contribution in [2.75, 3.05) is 13.7 Å². The van der Waals surface area contributed by atoms with Crippen molar-refractivity contribution in [3.8, 4) is 5.75 Å². The van der Waals surface area contributed by atoms with Crippen LogP contribution in [0.5, 0.6) is 5.75 Å². The number of benzene rings is 5. The number of hydrogen-bond donors (Lipinski definition) is 1. The van der Waals surface area contributed by atoms with Gasteiger partial charge in [-0.2, -0.15) is 4.39 Å². The highest BCUT2D eigenvalue weighted by Gasteiger charge is 2.48. The van der Waals surface area contributed by atoms with Crippen molar-refractivity contribution in [2.45, 2.75) is 56.8 Å². The van der Waals surface area contributed by atoms with Gasteiger partial charge < -0.3 is 28.8 Å². The van der Waals surface area contributed by atoms with E-state index in [-0.39, 0.29) is 44.2 Å². The standard InChI is InChI=1S/C41H39ClF2O6/c1-46-34-20-18-30(36(43)37(34)44)21-32-22-31(17-19-33(32)42)38-40(48-25-28-13-7-3-8-14-28)41(49-26-29-15-9-4-10-16-29)39(35(23-45)50-38)47-24-27-11-5-2-6-12-27/h2-20,22,35,38-41,45H,21,23-26H2,1H3/t35?,38-,39+,40-,41-/m0/s1. The molecule has 1 unspecified atom stereocenters. The summed E-state index contributed by atoms with van der Waals surface area (Å²) < 4.78 is 61.1. The lowest BCUT2D eigenvalue weighted by Crippen LogP contribution is -2.58. The summed E-state index contributed by atoms with van der Waals surface area (Å²) in [5, 5.41) is 11.1. The van der Waals surface area contributed by atoms with Crippen molar-refractivity contribution in [2.24, 2.45) is 0 Å². The average molecular weight is 701 g/mol. The first-order valence-electron chi connectivity index (χ1n) is 16.5. The van der Waals surface area contributed by atoms with E-state index in [0.717, 1.165) is 16.7 Å². The van der Waals surface area contributed by atoms with E-state index in [9.17, 15) is 9.50 Å². The summed E-state index contributed by atoms with van der Waals surface area (Å²) in [6.45, 7) is 0.439. The van der Waals surface area contributed by atoms with Crippen molar-refractivity contribution in [1.29, 1.82) is 0 Å². The Kier molecular flexibility index (Phi) is 12.3. The van der Waals surface area contributed by atoms with Gasteiger partial charge in [0.15, 0.2) is 11.6 Å². The van der Waals surface area contributed by atoms with E-state index in [2.05, 4.69) is 0 Å². The molecule has 260 valence electrons. The second-order valence-corrected chi connectivity index (χ2v) is 12.6. The summed E-state index contributed by atoms with van der Waals surface area (Å²) in [7, 11) is 1.28. The van der Waals surface area contributed by atoms with Gasteiger partial charge in [0, 0.05) is 11.4 Å². The highest BCUT2D eigenvalue weighted by molar-refractivity contribution is 6.31. The number of aliphatic hydroxyl groups excluding tert-OH is 1. The van der Waals surface area contributed by atoms with Gasteiger partial charge in [0.25, 0.3) is 0 Å². The summed E-state index contributed by atoms with van der Waals surface area (Å²) in [4.78, 5) is 0. The topological polar surface area (TPSA) is 66.4 Å². The first-order valence-corrected chi connectivity index (χ1v) is 16.8. The van der Waals surface area contributed by atoms with Gasteiger partial charge in [0.1, 0.15) is 30.5 Å². The van der Waals surface area contributed by atoms with Crippen LogP contribution in [0.15, 0.2) is 121 Å². The van der Waals surface area contributed by atoms with E-state index in [0.29, 0.717) is 16.1 Å². The predicted molar refractivity (Wildman–Crippen MR) is 187 cm³/mol. The quantitative estimate of drug-likeness (QED) is 0.126. The summed E-state index contributed by atoms with van der Waals surface area (Å²) >= 11 is 6.64. The Hall–Kier alpha value is -4.15. The summed E-state index contributed by atoms with van der Waals surface area (Å²) in [6.07, 6.45) is -3.63. The van der Waals surface area contributed by atoms with Gasteiger partial charge in [-0.05, 0) is 45.5 Å². The largest absolute Gasteiger partial charge is 0.494 e. The third-order valence-electron chi connectivity index (χ3n) is 8.80. The number of methoxy groups -OCH3 is 1. The number of ether oxygens (including phenoxy) is 5. The predicted octanol–water partition coefficient (Wildman–Crippen LogP) is 8.41. The SMILES string of the molecule is COc1ccc(Cc2cc([C@@H]3OC(CO)[C@@H](OCc4ccccc4)[C@H](OCc4ccccc4)[C@H]3OCc3ccccc3)ccc2Cl)c(F)c1F. The Morgan fingerprint density at radius 1 is 0.640 bits per heavy atom. The van der Waals surface area contributed by atoms with Crippen molar-refractivity contribution in [3.63, 3.8) is 0 Å². The minimum atomic E-state index is -1.06. The van der Waals surface area contributed by atoms with Gasteiger partial charge >= 0.3 is 0 Å². The maximum absolute atomic E-state index is 15.1. The molecule has 1 heterocycles. The molecular formula is C41H39ClF2O6. The van der Waals surface area contributed by atoms with Crippen LogP contribution >= 0.6 is 11.6 Å². The van der Waals surface area contributed by atoms with Gasteiger partial charge in [-0.25, -0.2) is 4.39 Å². The highest BCUT2D eigenvalue weighted by Crippen LogP contribution is 2.40. The smallest absolute Gasteiger partial charge is 0.200 e. The zero-order valence-electron chi connectivity index (χ0n) is 27.6. The molecule has 0 saturated carbocycles. The zero-order chi connectivity index (χ0) is 34.9. The molecule has 9 heteroatoms. The molecule has 5 atom stereocenters. The summed E-state index contributed by atoms with van der Waals surface area (Å²) in [5.41, 5.74) is 4.22. The normalized spacial score (nSPS) is 20.5. The van der Waals surface area contributed by atoms with E-state index in [1.54, 1.807) is 12.1 Å². The molecule has 50 heavy (non-hydrogen) atoms. The van der Waals surface area contributed by atoms with Crippen LogP contribution in [-0.4, -0.2) is 43.2 Å². The Bertz CT molecular complexity index is 1810. The Labute approximate surface area is 296 Å². The fourth-order valence-electron chi connectivity index (χ4n) is 6.18. The maximum atomic E-state index is 15.1. The van der Waals surface area contributed by atoms with E-state index >= 15 is 4.39 Å². The molecule has 0 spiro atoms. The summed E-state index contributed by atoms with van der Waals surface area (Å²) in [6, 6.07) is 37.5. The van der Waals surface area contributed by atoms with Gasteiger partial charge in [0.05, 0.1) is 33.5 Å². The molecule has 1 aliphatic heterocycles. The molecule has 6 rings (SSSR count). The highest BCUT2D eigenvalue weighted by atomic mass is 35.5. The second kappa shape index (κ2) is 17.2. The molecule has 0 aliphatic carbocycles. The Morgan fingerprint density at radius 2 is 1.18 bits per heavy atom. The van der Waals surface area contributed by atoms with Crippen LogP contribution in [0.2, 0.25) is 5.02 Å². The maximum Gasteiger partial charge on any atom is 0.200 e. The van der Waals surface area contributed by atoms with Crippen LogP contribution in [0.3, 0.4) is 0 Å². The Balaban J connectivity index is 1.37. The van der Waals surface area contributed by atoms with E-state index in [1.165, 1.54) is 19.2 Å². The Morgan fingerprint density at radius 3 is 1.72 bits per heavy atom. The van der Waals surface area contributed by atoms with Crippen LogP contribution in [-0.2, 0) is 45.2 Å². The molecule has 1 fully saturated rings. The molecule has 5 aromatic rings. The van der Waals surface area contributed by atoms with Crippen LogP contribution in [0.1, 0.15) is 39.5 Å². The zero-order valence-corrected chi connectivity index (χ0v) is 28.3. The fourth-order valence-corrected chi connectivity index (χ4v) is 6.37. The van der Waals surface area contributed by atoms with Gasteiger partial charge in [-0.15, -0.1) is 0 Å². The molecule has 1 aliphatic rings. The first kappa shape index (κ1) is 35.7. The van der Waals surface area contributed by atoms with Gasteiger partial charge in [-0.1, -0.05) is 121 Å². The molecule has 0 amide bonds. The van der Waals surface area contributed by atoms with Crippen LogP contribution in [0, 0.1) is 11.6 Å². The van der Waals surface area contributed by atoms with Gasteiger partial charge in [-0.3, -0.25) is 0 Å². The lowest BCUT2D eigenvalue weighted by Gasteiger charge is -2.46. The first-order chi connectivity index (χ1) is 24.4. The van der Waals surface area contributed by atoms with E-state index in [1.807, 2.05) is 97.1 Å². The number of hydrogen-bond acceptors (Lipinski definition) is 6. The number of aliphatic hydroxyl groups is 1. The van der Waals surface area contributed by atoms with Gasteiger partial charge in [0.2, 0.25) is 5.82 Å². The molecule has 1 N–H and O–H groups in total. The second-order valence-electron chi connectivity index (χ2n) is 12.1. The number of halogens is 3. The molecule has 0 aromatic heterocycles.